The van der Waals surface area contributed by atoms with Crippen LogP contribution in [-0.2, 0) is 4.79 Å². The smallest absolute Gasteiger partial charge is 0.317 e. The third-order valence-corrected chi connectivity index (χ3v) is 4.14. The summed E-state index contributed by atoms with van der Waals surface area (Å²) in [4.78, 5) is 26.5. The van der Waals surface area contributed by atoms with Crippen LogP contribution >= 0.6 is 0 Å². The van der Waals surface area contributed by atoms with Gasteiger partial charge in [0.15, 0.2) is 0 Å². The fourth-order valence-electron chi connectivity index (χ4n) is 2.09. The van der Waals surface area contributed by atoms with E-state index in [1.807, 2.05) is 0 Å². The van der Waals surface area contributed by atoms with E-state index in [2.05, 4.69) is 31.1 Å². The zero-order chi connectivity index (χ0) is 15.3. The summed E-state index contributed by atoms with van der Waals surface area (Å²) in [6.07, 6.45) is 0.920. The van der Waals surface area contributed by atoms with Crippen molar-refractivity contribution in [3.63, 3.8) is 0 Å². The van der Waals surface area contributed by atoms with Crippen LogP contribution in [0.15, 0.2) is 0 Å². The van der Waals surface area contributed by atoms with Gasteiger partial charge in [0.25, 0.3) is 0 Å². The van der Waals surface area contributed by atoms with Crippen molar-refractivity contribution in [2.75, 3.05) is 33.2 Å². The lowest BCUT2D eigenvalue weighted by molar-refractivity contribution is -0.144. The molecule has 1 fully saturated rings. The second-order valence-electron chi connectivity index (χ2n) is 5.95. The highest BCUT2D eigenvalue weighted by Gasteiger charge is 2.36. The maximum atomic E-state index is 11.8. The van der Waals surface area contributed by atoms with Crippen molar-refractivity contribution in [2.24, 2.45) is 11.8 Å². The molecular formula is C14H27N3O3. The third kappa shape index (κ3) is 4.67. The molecule has 0 aromatic rings. The number of aliphatic carboxylic acids is 1. The SMILES string of the molecule is CC(C(=O)O)C1CN(C(=O)NCCCN(C)C(C)C)C1. The van der Waals surface area contributed by atoms with Crippen molar-refractivity contribution in [2.45, 2.75) is 33.2 Å². The van der Waals surface area contributed by atoms with Crippen LogP contribution < -0.4 is 5.32 Å². The van der Waals surface area contributed by atoms with Crippen LogP contribution in [0.25, 0.3) is 0 Å². The number of urea groups is 1. The summed E-state index contributed by atoms with van der Waals surface area (Å²) < 4.78 is 0. The maximum absolute atomic E-state index is 11.8. The van der Waals surface area contributed by atoms with E-state index in [1.54, 1.807) is 11.8 Å². The van der Waals surface area contributed by atoms with Crippen LogP contribution in [0, 0.1) is 11.8 Å². The highest BCUT2D eigenvalue weighted by atomic mass is 16.4. The molecule has 6 heteroatoms. The Morgan fingerprint density at radius 2 is 1.95 bits per heavy atom. The summed E-state index contributed by atoms with van der Waals surface area (Å²) in [5, 5.41) is 11.8. The van der Waals surface area contributed by atoms with Crippen molar-refractivity contribution in [3.8, 4) is 0 Å². The Morgan fingerprint density at radius 3 is 2.45 bits per heavy atom. The van der Waals surface area contributed by atoms with Crippen LogP contribution in [-0.4, -0.2) is 66.2 Å². The summed E-state index contributed by atoms with van der Waals surface area (Å²) in [6, 6.07) is 0.436. The molecule has 0 radical (unpaired) electrons. The van der Waals surface area contributed by atoms with E-state index < -0.39 is 5.97 Å². The average molecular weight is 285 g/mol. The van der Waals surface area contributed by atoms with Crippen LogP contribution in [0.2, 0.25) is 0 Å². The van der Waals surface area contributed by atoms with E-state index in [-0.39, 0.29) is 17.9 Å². The molecule has 0 aliphatic carbocycles. The average Bonchev–Trinajstić information content (AvgIpc) is 2.31. The first kappa shape index (κ1) is 16.8. The van der Waals surface area contributed by atoms with E-state index in [1.165, 1.54) is 0 Å². The number of carbonyl (C=O) groups is 2. The molecule has 0 bridgehead atoms. The minimum atomic E-state index is -0.785. The molecule has 2 N–H and O–H groups in total. The molecule has 1 heterocycles. The van der Waals surface area contributed by atoms with E-state index >= 15 is 0 Å². The van der Waals surface area contributed by atoms with Gasteiger partial charge in [0.05, 0.1) is 5.92 Å². The zero-order valence-corrected chi connectivity index (χ0v) is 12.9. The van der Waals surface area contributed by atoms with Crippen molar-refractivity contribution < 1.29 is 14.7 Å². The minimum absolute atomic E-state index is 0.0777. The van der Waals surface area contributed by atoms with Gasteiger partial charge in [0.2, 0.25) is 0 Å². The van der Waals surface area contributed by atoms with Gasteiger partial charge < -0.3 is 20.2 Å². The molecule has 0 spiro atoms. The number of hydrogen-bond acceptors (Lipinski definition) is 3. The Hall–Kier alpha value is -1.30. The van der Waals surface area contributed by atoms with Gasteiger partial charge in [0.1, 0.15) is 0 Å². The first-order chi connectivity index (χ1) is 9.32. The number of likely N-dealkylation sites (tertiary alicyclic amines) is 1. The van der Waals surface area contributed by atoms with Crippen LogP contribution in [0.5, 0.6) is 0 Å². The van der Waals surface area contributed by atoms with Crippen molar-refractivity contribution in [1.29, 1.82) is 0 Å². The predicted octanol–water partition coefficient (Wildman–Crippen LogP) is 1.08. The monoisotopic (exact) mass is 285 g/mol. The molecule has 116 valence electrons. The Bertz CT molecular complexity index is 341. The lowest BCUT2D eigenvalue weighted by atomic mass is 9.87. The van der Waals surface area contributed by atoms with E-state index in [0.717, 1.165) is 13.0 Å². The molecule has 1 atom stereocenters. The molecular weight excluding hydrogens is 258 g/mol. The van der Waals surface area contributed by atoms with E-state index in [9.17, 15) is 9.59 Å². The van der Waals surface area contributed by atoms with Gasteiger partial charge in [-0.05, 0) is 33.9 Å². The summed E-state index contributed by atoms with van der Waals surface area (Å²) in [5.74, 6) is -1.07. The number of amides is 2. The number of carboxylic acid groups (broad SMARTS) is 1. The van der Waals surface area contributed by atoms with E-state index in [4.69, 9.17) is 5.11 Å². The van der Waals surface area contributed by atoms with Crippen LogP contribution in [0.3, 0.4) is 0 Å². The standard InChI is InChI=1S/C14H27N3O3/c1-10(2)16(4)7-5-6-15-14(20)17-8-12(9-17)11(3)13(18)19/h10-12H,5-9H2,1-4H3,(H,15,20)(H,18,19). The van der Waals surface area contributed by atoms with Gasteiger partial charge in [0, 0.05) is 31.6 Å². The number of nitrogens with zero attached hydrogens (tertiary/aromatic N) is 2. The number of hydrogen-bond donors (Lipinski definition) is 2. The molecule has 1 aliphatic heterocycles. The van der Waals surface area contributed by atoms with Crippen molar-refractivity contribution >= 4 is 12.0 Å². The molecule has 1 aliphatic rings. The number of carboxylic acids is 1. The quantitative estimate of drug-likeness (QED) is 0.687. The Balaban J connectivity index is 2.12. The minimum Gasteiger partial charge on any atom is -0.481 e. The molecule has 0 saturated carbocycles. The zero-order valence-electron chi connectivity index (χ0n) is 12.9. The summed E-state index contributed by atoms with van der Waals surface area (Å²) >= 11 is 0. The molecule has 20 heavy (non-hydrogen) atoms. The first-order valence-corrected chi connectivity index (χ1v) is 7.28. The Labute approximate surface area is 121 Å². The lowest BCUT2D eigenvalue weighted by Gasteiger charge is -2.41. The Morgan fingerprint density at radius 1 is 1.35 bits per heavy atom. The van der Waals surface area contributed by atoms with Gasteiger partial charge in [-0.3, -0.25) is 4.79 Å². The van der Waals surface area contributed by atoms with Crippen molar-refractivity contribution in [1.82, 2.24) is 15.1 Å². The van der Waals surface area contributed by atoms with Gasteiger partial charge in [-0.15, -0.1) is 0 Å². The molecule has 1 saturated heterocycles. The Kier molecular flexibility index (Phi) is 6.26. The molecule has 6 nitrogen and oxygen atoms in total. The first-order valence-electron chi connectivity index (χ1n) is 7.28. The normalized spacial score (nSPS) is 17.2. The topological polar surface area (TPSA) is 72.9 Å². The molecule has 1 rings (SSSR count). The highest BCUT2D eigenvalue weighted by molar-refractivity contribution is 5.76. The fraction of sp³-hybridized carbons (Fsp3) is 0.857. The van der Waals surface area contributed by atoms with E-state index in [0.29, 0.717) is 25.7 Å². The molecule has 1 unspecified atom stereocenters. The number of rotatable bonds is 7. The number of nitrogens with one attached hydrogen (secondary N) is 1. The van der Waals surface area contributed by atoms with Gasteiger partial charge in [-0.1, -0.05) is 6.92 Å². The number of carbonyl (C=O) groups excluding carboxylic acids is 1. The molecule has 0 aromatic carbocycles. The lowest BCUT2D eigenvalue weighted by Crippen LogP contribution is -2.56. The predicted molar refractivity (Wildman–Crippen MR) is 77.6 cm³/mol. The largest absolute Gasteiger partial charge is 0.481 e. The van der Waals surface area contributed by atoms with Crippen molar-refractivity contribution in [3.05, 3.63) is 0 Å². The fourth-order valence-corrected chi connectivity index (χ4v) is 2.09. The second kappa shape index (κ2) is 7.47. The second-order valence-corrected chi connectivity index (χ2v) is 5.95. The van der Waals surface area contributed by atoms with Gasteiger partial charge >= 0.3 is 12.0 Å². The summed E-state index contributed by atoms with van der Waals surface area (Å²) in [6.45, 7) is 8.69. The van der Waals surface area contributed by atoms with Crippen LogP contribution in [0.4, 0.5) is 4.79 Å². The summed E-state index contributed by atoms with van der Waals surface area (Å²) in [7, 11) is 2.07. The summed E-state index contributed by atoms with van der Waals surface area (Å²) in [5.41, 5.74) is 0. The molecule has 2 amide bonds. The highest BCUT2D eigenvalue weighted by Crippen LogP contribution is 2.23. The van der Waals surface area contributed by atoms with Crippen LogP contribution in [0.1, 0.15) is 27.2 Å². The third-order valence-electron chi connectivity index (χ3n) is 4.14. The molecule has 0 aromatic heterocycles. The van der Waals surface area contributed by atoms with Gasteiger partial charge in [-0.25, -0.2) is 4.79 Å². The maximum Gasteiger partial charge on any atom is 0.317 e. The van der Waals surface area contributed by atoms with Gasteiger partial charge in [-0.2, -0.15) is 0 Å².